The summed E-state index contributed by atoms with van der Waals surface area (Å²) in [7, 11) is 0. The molecular weight excluding hydrogens is 564 g/mol. The van der Waals surface area contributed by atoms with Gasteiger partial charge in [0.2, 0.25) is 5.91 Å². The van der Waals surface area contributed by atoms with E-state index in [-0.39, 0.29) is 12.5 Å². The maximum atomic E-state index is 13.7. The Balaban J connectivity index is 1.56. The monoisotopic (exact) mass is 602 g/mol. The smallest absolute Gasteiger partial charge is 0.407 e. The van der Waals surface area contributed by atoms with Crippen LogP contribution in [0.1, 0.15) is 49.3 Å². The van der Waals surface area contributed by atoms with E-state index in [0.717, 1.165) is 40.4 Å². The van der Waals surface area contributed by atoms with E-state index < -0.39 is 17.6 Å². The maximum absolute atomic E-state index is 13.7. The zero-order valence-electron chi connectivity index (χ0n) is 25.4. The Bertz CT molecular complexity index is 1660. The van der Waals surface area contributed by atoms with Crippen LogP contribution in [0.15, 0.2) is 109 Å². The van der Waals surface area contributed by atoms with Crippen molar-refractivity contribution in [2.75, 3.05) is 25.0 Å². The van der Waals surface area contributed by atoms with E-state index in [0.29, 0.717) is 37.6 Å². The van der Waals surface area contributed by atoms with Crippen LogP contribution in [0.5, 0.6) is 5.75 Å². The molecular formula is C37H38N4O4. The quantitative estimate of drug-likeness (QED) is 0.128. The first kappa shape index (κ1) is 29.9. The number of fused-ring (bicyclic) bond motifs is 1. The van der Waals surface area contributed by atoms with Gasteiger partial charge in [0.1, 0.15) is 11.3 Å². The van der Waals surface area contributed by atoms with Gasteiger partial charge in [0.15, 0.2) is 5.82 Å². The average molecular weight is 603 g/mol. The Kier molecular flexibility index (Phi) is 8.82. The zero-order valence-corrected chi connectivity index (χ0v) is 25.4. The molecule has 6 rings (SSSR count). The van der Waals surface area contributed by atoms with Gasteiger partial charge in [-0.1, -0.05) is 104 Å². The molecule has 1 saturated heterocycles. The van der Waals surface area contributed by atoms with Crippen molar-refractivity contribution in [2.24, 2.45) is 5.92 Å². The second-order valence-electron chi connectivity index (χ2n) is 11.5. The summed E-state index contributed by atoms with van der Waals surface area (Å²) in [5.74, 6) is 0.400. The first-order valence-electron chi connectivity index (χ1n) is 15.6. The molecule has 45 heavy (non-hydrogen) atoms. The molecule has 8 nitrogen and oxygen atoms in total. The van der Waals surface area contributed by atoms with E-state index >= 15 is 0 Å². The van der Waals surface area contributed by atoms with Gasteiger partial charge in [-0.3, -0.25) is 4.79 Å². The topological polar surface area (TPSA) is 96.7 Å². The third-order valence-corrected chi connectivity index (χ3v) is 8.61. The highest BCUT2D eigenvalue weighted by atomic mass is 16.5. The molecule has 1 fully saturated rings. The van der Waals surface area contributed by atoms with Crippen LogP contribution in [0.2, 0.25) is 0 Å². The molecule has 0 aliphatic carbocycles. The number of benzene rings is 4. The fourth-order valence-electron chi connectivity index (χ4n) is 6.36. The SMILES string of the molecule is CCCCOc1ccc2c(c1)c(NC(=O)[C@@H]1CCCN(C(=O)O)C1)nn2C(c1ccccc1)(c1ccccc1)c1ccccc1. The fraction of sp³-hybridized carbons (Fsp3) is 0.270. The van der Waals surface area contributed by atoms with Crippen molar-refractivity contribution in [1.29, 1.82) is 0 Å². The number of aromatic nitrogens is 2. The fourth-order valence-corrected chi connectivity index (χ4v) is 6.36. The number of anilines is 1. The number of rotatable bonds is 10. The van der Waals surface area contributed by atoms with E-state index in [1.165, 1.54) is 4.90 Å². The molecule has 1 aliphatic heterocycles. The predicted octanol–water partition coefficient (Wildman–Crippen LogP) is 7.38. The van der Waals surface area contributed by atoms with E-state index in [1.807, 2.05) is 77.5 Å². The van der Waals surface area contributed by atoms with Crippen molar-refractivity contribution >= 4 is 28.7 Å². The summed E-state index contributed by atoms with van der Waals surface area (Å²) in [4.78, 5) is 26.7. The third-order valence-electron chi connectivity index (χ3n) is 8.61. The molecule has 8 heteroatoms. The van der Waals surface area contributed by atoms with Gasteiger partial charge in [0.05, 0.1) is 18.0 Å². The standard InChI is InChI=1S/C37H38N4O4/c1-2-3-24-45-31-21-22-33-32(25-31)34(38-35(42)27-14-13-23-40(26-27)36(43)44)39-41(33)37(28-15-7-4-8-16-28,29-17-9-5-10-18-29)30-19-11-6-12-20-30/h4-12,15-22,25,27H,2-3,13-14,23-24,26H2,1H3,(H,43,44)(H,38,39,42)/t27-/m1/s1. The summed E-state index contributed by atoms with van der Waals surface area (Å²) in [6, 6.07) is 36.7. The molecule has 1 aliphatic rings. The number of carbonyl (C=O) groups is 2. The van der Waals surface area contributed by atoms with Crippen molar-refractivity contribution < 1.29 is 19.4 Å². The highest BCUT2D eigenvalue weighted by Gasteiger charge is 2.41. The lowest BCUT2D eigenvalue weighted by molar-refractivity contribution is -0.121. The number of nitrogens with zero attached hydrogens (tertiary/aromatic N) is 3. The number of unbranched alkanes of at least 4 members (excludes halogenated alkanes) is 1. The van der Waals surface area contributed by atoms with Crippen LogP contribution in [0.4, 0.5) is 10.6 Å². The van der Waals surface area contributed by atoms with Crippen LogP contribution in [-0.2, 0) is 10.3 Å². The highest BCUT2D eigenvalue weighted by molar-refractivity contribution is 6.01. The van der Waals surface area contributed by atoms with E-state index in [9.17, 15) is 14.7 Å². The Hall–Kier alpha value is -5.11. The molecule has 2 N–H and O–H groups in total. The lowest BCUT2D eigenvalue weighted by Crippen LogP contribution is -2.43. The molecule has 0 unspecified atom stereocenters. The van der Waals surface area contributed by atoms with Crippen LogP contribution in [0.3, 0.4) is 0 Å². The van der Waals surface area contributed by atoms with Crippen LogP contribution < -0.4 is 10.1 Å². The molecule has 230 valence electrons. The normalized spacial score (nSPS) is 15.1. The highest BCUT2D eigenvalue weighted by Crippen LogP contribution is 2.44. The molecule has 2 heterocycles. The molecule has 0 bridgehead atoms. The van der Waals surface area contributed by atoms with Crippen LogP contribution in [0, 0.1) is 5.92 Å². The minimum Gasteiger partial charge on any atom is -0.494 e. The number of ether oxygens (including phenoxy) is 1. The van der Waals surface area contributed by atoms with Gasteiger partial charge in [-0.25, -0.2) is 9.48 Å². The Labute approximate surface area is 263 Å². The van der Waals surface area contributed by atoms with Gasteiger partial charge in [-0.2, -0.15) is 5.10 Å². The van der Waals surface area contributed by atoms with Crippen molar-refractivity contribution in [3.63, 3.8) is 0 Å². The maximum Gasteiger partial charge on any atom is 0.407 e. The first-order chi connectivity index (χ1) is 22.0. The second kappa shape index (κ2) is 13.3. The molecule has 5 aromatic rings. The van der Waals surface area contributed by atoms with E-state index in [1.54, 1.807) is 0 Å². The Morgan fingerprint density at radius 1 is 0.911 bits per heavy atom. The first-order valence-corrected chi connectivity index (χ1v) is 15.6. The summed E-state index contributed by atoms with van der Waals surface area (Å²) in [6.07, 6.45) is 2.19. The van der Waals surface area contributed by atoms with Crippen molar-refractivity contribution in [2.45, 2.75) is 38.1 Å². The summed E-state index contributed by atoms with van der Waals surface area (Å²) in [5, 5.41) is 18.6. The van der Waals surface area contributed by atoms with E-state index in [2.05, 4.69) is 48.6 Å². The number of hydrogen-bond acceptors (Lipinski definition) is 4. The molecule has 1 aromatic heterocycles. The predicted molar refractivity (Wildman–Crippen MR) is 176 cm³/mol. The second-order valence-corrected chi connectivity index (χ2v) is 11.5. The van der Waals surface area contributed by atoms with Gasteiger partial charge in [-0.15, -0.1) is 0 Å². The van der Waals surface area contributed by atoms with Gasteiger partial charge in [0.25, 0.3) is 0 Å². The number of amides is 2. The third kappa shape index (κ3) is 5.88. The van der Waals surface area contributed by atoms with Gasteiger partial charge in [0, 0.05) is 18.5 Å². The minimum absolute atomic E-state index is 0.160. The van der Waals surface area contributed by atoms with Crippen LogP contribution in [-0.4, -0.2) is 51.5 Å². The summed E-state index contributed by atoms with van der Waals surface area (Å²) < 4.78 is 8.11. The summed E-state index contributed by atoms with van der Waals surface area (Å²) in [6.45, 7) is 3.31. The number of likely N-dealkylation sites (tertiary alicyclic amines) is 1. The van der Waals surface area contributed by atoms with Crippen molar-refractivity contribution in [3.05, 3.63) is 126 Å². The van der Waals surface area contributed by atoms with Gasteiger partial charge < -0.3 is 20.1 Å². The summed E-state index contributed by atoms with van der Waals surface area (Å²) in [5.41, 5.74) is 2.97. The Morgan fingerprint density at radius 2 is 1.51 bits per heavy atom. The molecule has 2 amide bonds. The largest absolute Gasteiger partial charge is 0.494 e. The van der Waals surface area contributed by atoms with Crippen LogP contribution >= 0.6 is 0 Å². The molecule has 4 aromatic carbocycles. The number of hydrogen-bond donors (Lipinski definition) is 2. The number of carboxylic acid groups (broad SMARTS) is 1. The van der Waals surface area contributed by atoms with E-state index in [4.69, 9.17) is 9.84 Å². The zero-order chi connectivity index (χ0) is 31.2. The molecule has 0 spiro atoms. The average Bonchev–Trinajstić information content (AvgIpc) is 3.44. The summed E-state index contributed by atoms with van der Waals surface area (Å²) >= 11 is 0. The lowest BCUT2D eigenvalue weighted by atomic mass is 9.77. The number of carbonyl (C=O) groups excluding carboxylic acids is 1. The Morgan fingerprint density at radius 3 is 2.07 bits per heavy atom. The number of nitrogens with one attached hydrogen (secondary N) is 1. The molecule has 1 atom stereocenters. The molecule has 0 radical (unpaired) electrons. The van der Waals surface area contributed by atoms with Crippen molar-refractivity contribution in [1.82, 2.24) is 14.7 Å². The minimum atomic E-state index is -1.01. The lowest BCUT2D eigenvalue weighted by Gasteiger charge is -2.37. The van der Waals surface area contributed by atoms with Crippen molar-refractivity contribution in [3.8, 4) is 5.75 Å². The van der Waals surface area contributed by atoms with Crippen LogP contribution in [0.25, 0.3) is 10.9 Å². The van der Waals surface area contributed by atoms with Gasteiger partial charge in [-0.05, 0) is 54.2 Å². The number of piperidine rings is 1. The molecule has 0 saturated carbocycles. The van der Waals surface area contributed by atoms with Gasteiger partial charge >= 0.3 is 6.09 Å².